The molecule has 2 rings (SSSR count). The molecule has 0 aromatic carbocycles. The van der Waals surface area contributed by atoms with Crippen LogP contribution < -0.4 is 12.4 Å². The first kappa shape index (κ1) is 11.5. The minimum Gasteiger partial charge on any atom is -1.00 e. The van der Waals surface area contributed by atoms with Crippen molar-refractivity contribution in [3.8, 4) is 0 Å². The highest BCUT2D eigenvalue weighted by molar-refractivity contribution is 6.92. The molecule has 0 aliphatic heterocycles. The zero-order valence-corrected chi connectivity index (χ0v) is 10.2. The Morgan fingerprint density at radius 2 is 1.91 bits per heavy atom. The number of rotatable bonds is 0. The van der Waals surface area contributed by atoms with Crippen LogP contribution in [0.4, 0.5) is 0 Å². The topological polar surface area (TPSA) is 0 Å². The Morgan fingerprint density at radius 1 is 1.27 bits per heavy atom. The molecule has 0 heterocycles. The summed E-state index contributed by atoms with van der Waals surface area (Å²) in [6.07, 6.45) is 5.88. The molecule has 0 spiro atoms. The number of hydrogen-bond acceptors (Lipinski definition) is 0. The molecular formula is C7H8Cl3P. The van der Waals surface area contributed by atoms with E-state index in [0.717, 1.165) is 16.2 Å². The molecule has 2 aliphatic rings. The second kappa shape index (κ2) is 3.96. The van der Waals surface area contributed by atoms with Crippen molar-refractivity contribution >= 4 is 33.1 Å². The van der Waals surface area contributed by atoms with Crippen molar-refractivity contribution in [1.29, 1.82) is 0 Å². The van der Waals surface area contributed by atoms with E-state index in [1.54, 1.807) is 0 Å². The quantitative estimate of drug-likeness (QED) is 0.384. The van der Waals surface area contributed by atoms with E-state index in [2.05, 4.69) is 0 Å². The van der Waals surface area contributed by atoms with Crippen molar-refractivity contribution in [2.24, 2.45) is 0 Å². The molecule has 0 amide bonds. The van der Waals surface area contributed by atoms with Crippen molar-refractivity contribution in [2.75, 3.05) is 0 Å². The van der Waals surface area contributed by atoms with Crippen molar-refractivity contribution in [1.82, 2.24) is 0 Å². The van der Waals surface area contributed by atoms with Gasteiger partial charge in [0.1, 0.15) is 0 Å². The van der Waals surface area contributed by atoms with Crippen LogP contribution in [0.25, 0.3) is 0 Å². The molecule has 0 aromatic heterocycles. The van der Waals surface area contributed by atoms with E-state index < -0.39 is 0 Å². The standard InChI is InChI=1S/C7H4Cl2.ClH.H3P/c8-6-3-4-1-2-5(6)7(4)9;;/h1-3,7H;1H;1H3. The fourth-order valence-electron chi connectivity index (χ4n) is 1.09. The van der Waals surface area contributed by atoms with Gasteiger partial charge in [-0.25, -0.2) is 0 Å². The van der Waals surface area contributed by atoms with Crippen LogP contribution in [-0.2, 0) is 0 Å². The van der Waals surface area contributed by atoms with Gasteiger partial charge in [0.25, 0.3) is 0 Å². The van der Waals surface area contributed by atoms with Gasteiger partial charge in [-0.2, -0.15) is 0 Å². The van der Waals surface area contributed by atoms with Crippen molar-refractivity contribution in [2.45, 2.75) is 5.38 Å². The van der Waals surface area contributed by atoms with Gasteiger partial charge in [0.15, 0.2) is 0 Å². The molecule has 0 fully saturated rings. The molecule has 0 saturated carbocycles. The van der Waals surface area contributed by atoms with Gasteiger partial charge < -0.3 is 12.4 Å². The van der Waals surface area contributed by atoms with Crippen LogP contribution in [-0.4, -0.2) is 5.38 Å². The molecule has 0 nitrogen and oxygen atoms in total. The molecule has 2 atom stereocenters. The molecule has 0 saturated heterocycles. The largest absolute Gasteiger partial charge is 1.00 e. The molecule has 0 N–H and O–H groups in total. The van der Waals surface area contributed by atoms with Gasteiger partial charge in [0.05, 0.1) is 5.38 Å². The summed E-state index contributed by atoms with van der Waals surface area (Å²) in [5, 5.41) is 0.838. The molecule has 0 radical (unpaired) electrons. The number of halogens is 3. The number of fused-ring (bicyclic) bond motifs is 2. The summed E-state index contributed by atoms with van der Waals surface area (Å²) >= 11 is 11.7. The Labute approximate surface area is 85.4 Å². The lowest BCUT2D eigenvalue weighted by atomic mass is 10.3. The zero-order valence-electron chi connectivity index (χ0n) is 5.94. The van der Waals surface area contributed by atoms with E-state index >= 15 is 0 Å². The maximum Gasteiger partial charge on any atom is 0.0850 e. The fraction of sp³-hybridized carbons (Fsp3) is 0.143. The average Bonchev–Trinajstić information content (AvgIpc) is 2.25. The number of allylic oxidation sites excluding steroid dienone is 6. The molecule has 62 valence electrons. The Hall–Kier alpha value is 0.520. The summed E-state index contributed by atoms with van der Waals surface area (Å²) in [5.74, 6) is 0. The molecule has 2 aliphatic carbocycles. The van der Waals surface area contributed by atoms with Crippen LogP contribution in [0.2, 0.25) is 0 Å². The minimum absolute atomic E-state index is 0. The first-order chi connectivity index (χ1) is 4.29. The highest BCUT2D eigenvalue weighted by atomic mass is 35.5. The Bertz CT molecular complexity index is 252. The molecular weight excluding hydrogens is 221 g/mol. The van der Waals surface area contributed by atoms with Crippen LogP contribution in [0.5, 0.6) is 0 Å². The summed E-state index contributed by atoms with van der Waals surface area (Å²) in [5.41, 5.74) is 2.17. The predicted molar refractivity (Wildman–Crippen MR) is 52.2 cm³/mol. The number of alkyl halides is 1. The van der Waals surface area contributed by atoms with E-state index in [0.29, 0.717) is 0 Å². The average molecular weight is 229 g/mol. The molecule has 11 heavy (non-hydrogen) atoms. The third-order valence-corrected chi connectivity index (χ3v) is 2.40. The summed E-state index contributed by atoms with van der Waals surface area (Å²) in [6, 6.07) is 0. The highest BCUT2D eigenvalue weighted by Gasteiger charge is 2.26. The lowest BCUT2D eigenvalue weighted by molar-refractivity contribution is -0.00000168. The summed E-state index contributed by atoms with van der Waals surface area (Å²) < 4.78 is 0. The normalized spacial score (nSPS) is 24.5. The van der Waals surface area contributed by atoms with Crippen LogP contribution in [0.15, 0.2) is 34.4 Å². The Kier molecular flexibility index (Phi) is 4.15. The summed E-state index contributed by atoms with van der Waals surface area (Å²) in [6.45, 7) is 0. The minimum atomic E-state index is 0. The zero-order chi connectivity index (χ0) is 6.43. The summed E-state index contributed by atoms with van der Waals surface area (Å²) in [7, 11) is 0. The first-order valence-corrected chi connectivity index (χ1v) is 3.54. The molecule has 0 aromatic rings. The van der Waals surface area contributed by atoms with Gasteiger partial charge in [-0.1, -0.05) is 23.8 Å². The van der Waals surface area contributed by atoms with Crippen LogP contribution >= 0.6 is 33.1 Å². The predicted octanol–water partition coefficient (Wildman–Crippen LogP) is -0.609. The van der Waals surface area contributed by atoms with Crippen LogP contribution in [0.3, 0.4) is 0 Å². The van der Waals surface area contributed by atoms with Gasteiger partial charge >= 0.3 is 0 Å². The van der Waals surface area contributed by atoms with Gasteiger partial charge in [0, 0.05) is 5.03 Å². The van der Waals surface area contributed by atoms with E-state index in [4.69, 9.17) is 23.2 Å². The van der Waals surface area contributed by atoms with Crippen molar-refractivity contribution < 1.29 is 12.4 Å². The molecule has 2 unspecified atom stereocenters. The monoisotopic (exact) mass is 228 g/mol. The van der Waals surface area contributed by atoms with Crippen LogP contribution in [0, 0.1) is 0 Å². The van der Waals surface area contributed by atoms with Crippen molar-refractivity contribution in [3.63, 3.8) is 0 Å². The smallest absolute Gasteiger partial charge is 0.0850 e. The maximum absolute atomic E-state index is 5.90. The Balaban J connectivity index is 0.000000500. The van der Waals surface area contributed by atoms with E-state index in [1.807, 2.05) is 18.2 Å². The lowest BCUT2D eigenvalue weighted by Gasteiger charge is -1.95. The maximum atomic E-state index is 5.90. The van der Waals surface area contributed by atoms with Crippen LogP contribution in [0.1, 0.15) is 0 Å². The van der Waals surface area contributed by atoms with Gasteiger partial charge in [-0.3, -0.25) is 0 Å². The Morgan fingerprint density at radius 3 is 2.09 bits per heavy atom. The third-order valence-electron chi connectivity index (χ3n) is 1.59. The molecule has 4 heteroatoms. The lowest BCUT2D eigenvalue weighted by Crippen LogP contribution is -3.00. The first-order valence-electron chi connectivity index (χ1n) is 2.72. The van der Waals surface area contributed by atoms with E-state index in [-0.39, 0.29) is 27.7 Å². The summed E-state index contributed by atoms with van der Waals surface area (Å²) in [4.78, 5) is 0. The second-order valence-electron chi connectivity index (χ2n) is 2.14. The van der Waals surface area contributed by atoms with Crippen molar-refractivity contribution in [3.05, 3.63) is 34.4 Å². The van der Waals surface area contributed by atoms with Gasteiger partial charge in [-0.05, 0) is 27.1 Å². The fourth-order valence-corrected chi connectivity index (χ4v) is 1.77. The van der Waals surface area contributed by atoms with Gasteiger partial charge in [0.2, 0.25) is 0 Å². The van der Waals surface area contributed by atoms with E-state index in [9.17, 15) is 0 Å². The van der Waals surface area contributed by atoms with E-state index in [1.165, 1.54) is 0 Å². The molecule has 2 bridgehead atoms. The third kappa shape index (κ3) is 1.65. The number of hydrogen-bond donors (Lipinski definition) is 0. The van der Waals surface area contributed by atoms with Gasteiger partial charge in [-0.15, -0.1) is 11.6 Å². The SMILES string of the molecule is ClC1=C2C=CC(=C1)C2Cl.[Cl-].[PH4+]. The second-order valence-corrected chi connectivity index (χ2v) is 2.99. The highest BCUT2D eigenvalue weighted by Crippen LogP contribution is 2.38.